The van der Waals surface area contributed by atoms with Gasteiger partial charge in [0.05, 0.1) is 11.1 Å². The van der Waals surface area contributed by atoms with Gasteiger partial charge in [0.25, 0.3) is 5.56 Å². The van der Waals surface area contributed by atoms with Gasteiger partial charge in [0.2, 0.25) is 5.91 Å². The van der Waals surface area contributed by atoms with Crippen LogP contribution < -0.4 is 11.0 Å². The maximum absolute atomic E-state index is 12.8. The summed E-state index contributed by atoms with van der Waals surface area (Å²) in [5, 5.41) is 14.4. The van der Waals surface area contributed by atoms with Crippen molar-refractivity contribution in [3.63, 3.8) is 0 Å². The molecule has 2 aromatic heterocycles. The SMILES string of the molecule is Cc1ccc(-n2cc3c(=O)n(CCCC(=O)NO)nc(C)c3c2C)cc1. The third kappa shape index (κ3) is 3.25. The van der Waals surface area contributed by atoms with Gasteiger partial charge in [-0.25, -0.2) is 10.2 Å². The normalized spacial score (nSPS) is 11.1. The molecule has 0 saturated heterocycles. The van der Waals surface area contributed by atoms with Crippen molar-refractivity contribution in [1.29, 1.82) is 0 Å². The van der Waals surface area contributed by atoms with Gasteiger partial charge in [-0.3, -0.25) is 14.8 Å². The Bertz CT molecular complexity index is 1020. The Hall–Kier alpha value is -2.93. The first kappa shape index (κ1) is 17.9. The number of aryl methyl sites for hydroxylation is 4. The van der Waals surface area contributed by atoms with Crippen molar-refractivity contribution in [3.8, 4) is 5.69 Å². The monoisotopic (exact) mass is 354 g/mol. The van der Waals surface area contributed by atoms with E-state index >= 15 is 0 Å². The first-order valence-corrected chi connectivity index (χ1v) is 8.51. The van der Waals surface area contributed by atoms with Gasteiger partial charge in [-0.1, -0.05) is 17.7 Å². The zero-order valence-corrected chi connectivity index (χ0v) is 15.1. The standard InChI is InChI=1S/C19H22N4O3/c1-12-6-8-15(9-7-12)22-11-16-18(14(22)3)13(2)20-23(19(16)25)10-4-5-17(24)21-26/h6-9,11,26H,4-5,10H2,1-3H3,(H,21,24). The molecule has 0 fully saturated rings. The van der Waals surface area contributed by atoms with Crippen molar-refractivity contribution in [3.05, 3.63) is 57.8 Å². The quantitative estimate of drug-likeness (QED) is 0.544. The van der Waals surface area contributed by atoms with E-state index in [2.05, 4.69) is 5.10 Å². The number of hydroxylamine groups is 1. The van der Waals surface area contributed by atoms with Gasteiger partial charge in [-0.05, 0) is 39.3 Å². The zero-order chi connectivity index (χ0) is 18.8. The highest BCUT2D eigenvalue weighted by molar-refractivity contribution is 5.87. The summed E-state index contributed by atoms with van der Waals surface area (Å²) in [7, 11) is 0. The van der Waals surface area contributed by atoms with Crippen molar-refractivity contribution < 1.29 is 10.0 Å². The van der Waals surface area contributed by atoms with Crippen molar-refractivity contribution in [2.24, 2.45) is 0 Å². The van der Waals surface area contributed by atoms with Crippen LogP contribution in [0, 0.1) is 20.8 Å². The molecule has 0 unspecified atom stereocenters. The number of rotatable bonds is 5. The fourth-order valence-corrected chi connectivity index (χ4v) is 3.21. The van der Waals surface area contributed by atoms with Gasteiger partial charge in [-0.15, -0.1) is 0 Å². The van der Waals surface area contributed by atoms with Gasteiger partial charge in [0, 0.05) is 35.9 Å². The minimum Gasteiger partial charge on any atom is -0.320 e. The molecule has 0 aliphatic carbocycles. The Balaban J connectivity index is 2.02. The molecule has 0 aliphatic rings. The Morgan fingerprint density at radius 2 is 1.88 bits per heavy atom. The zero-order valence-electron chi connectivity index (χ0n) is 15.1. The molecule has 7 heteroatoms. The van der Waals surface area contributed by atoms with Crippen LogP contribution in [0.5, 0.6) is 0 Å². The van der Waals surface area contributed by atoms with Crippen LogP contribution in [0.4, 0.5) is 0 Å². The number of fused-ring (bicyclic) bond motifs is 1. The highest BCUT2D eigenvalue weighted by atomic mass is 16.5. The minimum absolute atomic E-state index is 0.130. The lowest BCUT2D eigenvalue weighted by atomic mass is 10.2. The molecule has 3 aromatic rings. The Morgan fingerprint density at radius 1 is 1.19 bits per heavy atom. The van der Waals surface area contributed by atoms with E-state index in [1.807, 2.05) is 55.8 Å². The predicted molar refractivity (Wildman–Crippen MR) is 98.7 cm³/mol. The molecule has 0 radical (unpaired) electrons. The van der Waals surface area contributed by atoms with Crippen molar-refractivity contribution in [2.45, 2.75) is 40.2 Å². The highest BCUT2D eigenvalue weighted by Gasteiger charge is 2.15. The molecule has 1 aromatic carbocycles. The summed E-state index contributed by atoms with van der Waals surface area (Å²) >= 11 is 0. The summed E-state index contributed by atoms with van der Waals surface area (Å²) in [5.41, 5.74) is 5.33. The van der Waals surface area contributed by atoms with Gasteiger partial charge in [0.1, 0.15) is 0 Å². The molecule has 136 valence electrons. The Labute approximate surface area is 150 Å². The number of amides is 1. The molecule has 26 heavy (non-hydrogen) atoms. The minimum atomic E-state index is -0.475. The number of benzene rings is 1. The van der Waals surface area contributed by atoms with Crippen molar-refractivity contribution in [2.75, 3.05) is 0 Å². The number of hydrogen-bond acceptors (Lipinski definition) is 4. The van der Waals surface area contributed by atoms with Gasteiger partial charge in [-0.2, -0.15) is 5.10 Å². The Morgan fingerprint density at radius 3 is 2.54 bits per heavy atom. The van der Waals surface area contributed by atoms with E-state index in [0.29, 0.717) is 18.4 Å². The van der Waals surface area contributed by atoms with E-state index in [-0.39, 0.29) is 12.0 Å². The third-order valence-corrected chi connectivity index (χ3v) is 4.56. The van der Waals surface area contributed by atoms with Crippen LogP contribution in [-0.4, -0.2) is 25.5 Å². The summed E-state index contributed by atoms with van der Waals surface area (Å²) in [4.78, 5) is 23.9. The molecule has 0 aliphatic heterocycles. The van der Waals surface area contributed by atoms with Gasteiger partial charge >= 0.3 is 0 Å². The first-order valence-electron chi connectivity index (χ1n) is 8.51. The lowest BCUT2D eigenvalue weighted by molar-refractivity contribution is -0.129. The molecule has 2 N–H and O–H groups in total. The van der Waals surface area contributed by atoms with Crippen LogP contribution in [0.25, 0.3) is 16.5 Å². The average Bonchev–Trinajstić information content (AvgIpc) is 2.98. The third-order valence-electron chi connectivity index (χ3n) is 4.56. The highest BCUT2D eigenvalue weighted by Crippen LogP contribution is 2.24. The van der Waals surface area contributed by atoms with Crippen LogP contribution in [-0.2, 0) is 11.3 Å². The van der Waals surface area contributed by atoms with E-state index in [4.69, 9.17) is 5.21 Å². The van der Waals surface area contributed by atoms with Crippen LogP contribution >= 0.6 is 0 Å². The van der Waals surface area contributed by atoms with Gasteiger partial charge in [0.15, 0.2) is 0 Å². The Kier molecular flexibility index (Phi) is 4.90. The molecular weight excluding hydrogens is 332 g/mol. The fourth-order valence-electron chi connectivity index (χ4n) is 3.21. The number of carbonyl (C=O) groups excluding carboxylic acids is 1. The summed E-state index contributed by atoms with van der Waals surface area (Å²) in [6.07, 6.45) is 2.40. The molecule has 7 nitrogen and oxygen atoms in total. The molecule has 0 bridgehead atoms. The molecule has 1 amide bonds. The molecule has 0 saturated carbocycles. The maximum atomic E-state index is 12.8. The van der Waals surface area contributed by atoms with E-state index in [1.165, 1.54) is 10.2 Å². The van der Waals surface area contributed by atoms with Crippen LogP contribution in [0.3, 0.4) is 0 Å². The van der Waals surface area contributed by atoms with Crippen molar-refractivity contribution >= 4 is 16.7 Å². The van der Waals surface area contributed by atoms with E-state index in [9.17, 15) is 9.59 Å². The predicted octanol–water partition coefficient (Wildman–Crippen LogP) is 2.40. The summed E-state index contributed by atoms with van der Waals surface area (Å²) in [5.74, 6) is -0.475. The topological polar surface area (TPSA) is 89.2 Å². The molecule has 0 spiro atoms. The largest absolute Gasteiger partial charge is 0.320 e. The number of nitrogens with zero attached hydrogens (tertiary/aromatic N) is 3. The average molecular weight is 354 g/mol. The first-order chi connectivity index (χ1) is 12.4. The summed E-state index contributed by atoms with van der Waals surface area (Å²) in [6.45, 7) is 6.21. The molecule has 2 heterocycles. The fraction of sp³-hybridized carbons (Fsp3) is 0.316. The molecular formula is C19H22N4O3. The number of aromatic nitrogens is 3. The smallest absolute Gasteiger partial charge is 0.276 e. The molecule has 3 rings (SSSR count). The lowest BCUT2D eigenvalue weighted by Gasteiger charge is -2.08. The maximum Gasteiger partial charge on any atom is 0.276 e. The van der Waals surface area contributed by atoms with E-state index in [1.54, 1.807) is 5.48 Å². The van der Waals surface area contributed by atoms with Crippen molar-refractivity contribution in [1.82, 2.24) is 19.8 Å². The van der Waals surface area contributed by atoms with Gasteiger partial charge < -0.3 is 4.57 Å². The van der Waals surface area contributed by atoms with E-state index < -0.39 is 5.91 Å². The lowest BCUT2D eigenvalue weighted by Crippen LogP contribution is -2.25. The second kappa shape index (κ2) is 7.13. The second-order valence-corrected chi connectivity index (χ2v) is 6.46. The number of carbonyl (C=O) groups is 1. The van der Waals surface area contributed by atoms with E-state index in [0.717, 1.165) is 22.5 Å². The summed E-state index contributed by atoms with van der Waals surface area (Å²) in [6, 6.07) is 8.12. The second-order valence-electron chi connectivity index (χ2n) is 6.46. The van der Waals surface area contributed by atoms with Crippen LogP contribution in [0.2, 0.25) is 0 Å². The van der Waals surface area contributed by atoms with Crippen LogP contribution in [0.15, 0.2) is 35.3 Å². The molecule has 0 atom stereocenters. The number of hydrogen-bond donors (Lipinski definition) is 2. The summed E-state index contributed by atoms with van der Waals surface area (Å²) < 4.78 is 3.39. The van der Waals surface area contributed by atoms with Crippen LogP contribution in [0.1, 0.15) is 29.8 Å². The number of nitrogens with one attached hydrogen (secondary N) is 1.